The monoisotopic (exact) mass is 418 g/mol. The highest BCUT2D eigenvalue weighted by molar-refractivity contribution is 5.95. The minimum Gasteiger partial charge on any atom is -0.497 e. The maximum absolute atomic E-state index is 12.8. The third-order valence-corrected chi connectivity index (χ3v) is 4.64. The summed E-state index contributed by atoms with van der Waals surface area (Å²) in [4.78, 5) is 40.7. The number of rotatable bonds is 6. The average molecular weight is 418 g/mol. The normalized spacial score (nSPS) is 10.8. The van der Waals surface area contributed by atoms with Crippen molar-refractivity contribution in [3.8, 4) is 11.4 Å². The SMILES string of the molecule is COc1ccc(-n2nnc3c(=O)n(CC(=O)Nc4ccc(C(C)=O)cc4)cnc32)cc1. The zero-order valence-corrected chi connectivity index (χ0v) is 16.8. The van der Waals surface area contributed by atoms with Gasteiger partial charge in [-0.3, -0.25) is 19.0 Å². The molecule has 156 valence electrons. The van der Waals surface area contributed by atoms with Gasteiger partial charge in [-0.15, -0.1) is 5.10 Å². The second-order valence-electron chi connectivity index (χ2n) is 6.73. The number of Topliss-reactive ketones (excluding diaryl/α,β-unsaturated/α-hetero) is 1. The molecule has 0 saturated heterocycles. The molecular formula is C21H18N6O4. The van der Waals surface area contributed by atoms with Crippen LogP contribution in [-0.2, 0) is 11.3 Å². The lowest BCUT2D eigenvalue weighted by Gasteiger charge is -2.08. The summed E-state index contributed by atoms with van der Waals surface area (Å²) in [5, 5.41) is 10.6. The molecule has 2 aromatic heterocycles. The van der Waals surface area contributed by atoms with Gasteiger partial charge in [0, 0.05) is 11.3 Å². The summed E-state index contributed by atoms with van der Waals surface area (Å²) in [6.45, 7) is 1.22. The van der Waals surface area contributed by atoms with Crippen molar-refractivity contribution in [2.24, 2.45) is 0 Å². The lowest BCUT2D eigenvalue weighted by Crippen LogP contribution is -2.28. The standard InChI is InChI=1S/C21H18N6O4/c1-13(28)14-3-5-15(6-4-14)23-18(29)11-26-12-22-20-19(21(26)30)24-25-27(20)16-7-9-17(31-2)10-8-16/h3-10,12H,11H2,1-2H3,(H,23,29). The van der Waals surface area contributed by atoms with Crippen LogP contribution < -0.4 is 15.6 Å². The van der Waals surface area contributed by atoms with Crippen LogP contribution in [0.1, 0.15) is 17.3 Å². The van der Waals surface area contributed by atoms with E-state index in [4.69, 9.17) is 4.74 Å². The number of hydrogen-bond donors (Lipinski definition) is 1. The smallest absolute Gasteiger partial charge is 0.284 e. The fourth-order valence-corrected chi connectivity index (χ4v) is 3.00. The molecule has 0 spiro atoms. The van der Waals surface area contributed by atoms with Crippen molar-refractivity contribution in [2.45, 2.75) is 13.5 Å². The molecule has 0 radical (unpaired) electrons. The van der Waals surface area contributed by atoms with Crippen LogP contribution in [-0.4, -0.2) is 43.3 Å². The fraction of sp³-hybridized carbons (Fsp3) is 0.143. The third kappa shape index (κ3) is 4.04. The molecule has 1 amide bonds. The topological polar surface area (TPSA) is 121 Å². The van der Waals surface area contributed by atoms with Gasteiger partial charge in [0.2, 0.25) is 5.91 Å². The second-order valence-corrected chi connectivity index (χ2v) is 6.73. The van der Waals surface area contributed by atoms with Gasteiger partial charge < -0.3 is 10.1 Å². The zero-order valence-electron chi connectivity index (χ0n) is 16.8. The molecule has 2 heterocycles. The van der Waals surface area contributed by atoms with Crippen molar-refractivity contribution < 1.29 is 14.3 Å². The summed E-state index contributed by atoms with van der Waals surface area (Å²) in [6.07, 6.45) is 1.28. The van der Waals surface area contributed by atoms with Crippen LogP contribution in [0.15, 0.2) is 59.7 Å². The maximum Gasteiger partial charge on any atom is 0.284 e. The van der Waals surface area contributed by atoms with Gasteiger partial charge in [-0.05, 0) is 55.5 Å². The highest BCUT2D eigenvalue weighted by Crippen LogP contribution is 2.16. The molecular weight excluding hydrogens is 400 g/mol. The first-order valence-electron chi connectivity index (χ1n) is 9.32. The number of carbonyl (C=O) groups is 2. The van der Waals surface area contributed by atoms with E-state index < -0.39 is 11.5 Å². The lowest BCUT2D eigenvalue weighted by atomic mass is 10.1. The third-order valence-electron chi connectivity index (χ3n) is 4.64. The number of nitrogens with zero attached hydrogens (tertiary/aromatic N) is 5. The predicted molar refractivity (Wildman–Crippen MR) is 113 cm³/mol. The number of carbonyl (C=O) groups excluding carboxylic acids is 2. The van der Waals surface area contributed by atoms with E-state index in [1.54, 1.807) is 55.6 Å². The van der Waals surface area contributed by atoms with Crippen LogP contribution in [0.25, 0.3) is 16.9 Å². The first-order chi connectivity index (χ1) is 15.0. The van der Waals surface area contributed by atoms with Crippen molar-refractivity contribution in [1.82, 2.24) is 24.5 Å². The van der Waals surface area contributed by atoms with E-state index in [1.165, 1.54) is 17.9 Å². The van der Waals surface area contributed by atoms with E-state index in [2.05, 4.69) is 20.6 Å². The molecule has 31 heavy (non-hydrogen) atoms. The van der Waals surface area contributed by atoms with E-state index in [-0.39, 0.29) is 23.5 Å². The van der Waals surface area contributed by atoms with Gasteiger partial charge in [0.15, 0.2) is 16.9 Å². The second kappa shape index (κ2) is 8.19. The Morgan fingerprint density at radius 3 is 2.42 bits per heavy atom. The van der Waals surface area contributed by atoms with Crippen LogP contribution in [0.3, 0.4) is 0 Å². The number of methoxy groups -OCH3 is 1. The van der Waals surface area contributed by atoms with Crippen LogP contribution in [0.2, 0.25) is 0 Å². The largest absolute Gasteiger partial charge is 0.497 e. The Hall–Kier alpha value is -4.34. The van der Waals surface area contributed by atoms with Crippen LogP contribution in [0.5, 0.6) is 5.75 Å². The molecule has 0 atom stereocenters. The first kappa shape index (κ1) is 20.0. The van der Waals surface area contributed by atoms with Crippen molar-refractivity contribution >= 4 is 28.5 Å². The molecule has 0 aliphatic heterocycles. The molecule has 0 fully saturated rings. The van der Waals surface area contributed by atoms with Gasteiger partial charge in [-0.2, -0.15) is 4.68 Å². The molecule has 0 unspecified atom stereocenters. The summed E-state index contributed by atoms with van der Waals surface area (Å²) in [6, 6.07) is 13.5. The minimum absolute atomic E-state index is 0.0527. The van der Waals surface area contributed by atoms with Crippen molar-refractivity contribution in [1.29, 1.82) is 0 Å². The average Bonchev–Trinajstić information content (AvgIpc) is 3.21. The molecule has 2 aromatic carbocycles. The maximum atomic E-state index is 12.8. The summed E-state index contributed by atoms with van der Waals surface area (Å²) in [5.41, 5.74) is 1.58. The van der Waals surface area contributed by atoms with E-state index in [9.17, 15) is 14.4 Å². The zero-order chi connectivity index (χ0) is 22.0. The van der Waals surface area contributed by atoms with Crippen LogP contribution in [0.4, 0.5) is 5.69 Å². The Kier molecular flexibility index (Phi) is 5.27. The minimum atomic E-state index is -0.480. The van der Waals surface area contributed by atoms with Gasteiger partial charge in [-0.1, -0.05) is 5.21 Å². The van der Waals surface area contributed by atoms with Gasteiger partial charge in [-0.25, -0.2) is 4.98 Å². The van der Waals surface area contributed by atoms with E-state index in [0.29, 0.717) is 22.7 Å². The number of fused-ring (bicyclic) bond motifs is 1. The number of ether oxygens (including phenoxy) is 1. The van der Waals surface area contributed by atoms with Crippen LogP contribution >= 0.6 is 0 Å². The quantitative estimate of drug-likeness (QED) is 0.474. The number of anilines is 1. The summed E-state index contributed by atoms with van der Waals surface area (Å²) < 4.78 is 7.74. The molecule has 0 saturated carbocycles. The van der Waals surface area contributed by atoms with Crippen molar-refractivity contribution in [2.75, 3.05) is 12.4 Å². The van der Waals surface area contributed by atoms with Gasteiger partial charge in [0.05, 0.1) is 12.8 Å². The number of hydrogen-bond acceptors (Lipinski definition) is 7. The lowest BCUT2D eigenvalue weighted by molar-refractivity contribution is -0.116. The Labute approximate surface area is 176 Å². The summed E-state index contributed by atoms with van der Waals surface area (Å²) in [5.74, 6) is 0.207. The number of amides is 1. The molecule has 0 bridgehead atoms. The van der Waals surface area contributed by atoms with E-state index in [0.717, 1.165) is 4.57 Å². The van der Waals surface area contributed by atoms with Gasteiger partial charge >= 0.3 is 0 Å². The van der Waals surface area contributed by atoms with E-state index in [1.807, 2.05) is 0 Å². The highest BCUT2D eigenvalue weighted by Gasteiger charge is 2.15. The Morgan fingerprint density at radius 2 is 1.77 bits per heavy atom. The van der Waals surface area contributed by atoms with Crippen molar-refractivity contribution in [3.05, 3.63) is 70.8 Å². The predicted octanol–water partition coefficient (Wildman–Crippen LogP) is 1.83. The van der Waals surface area contributed by atoms with Crippen molar-refractivity contribution in [3.63, 3.8) is 0 Å². The summed E-state index contributed by atoms with van der Waals surface area (Å²) >= 11 is 0. The molecule has 10 heteroatoms. The Balaban J connectivity index is 1.54. The Morgan fingerprint density at radius 1 is 1.06 bits per heavy atom. The number of ketones is 1. The Bertz CT molecular complexity index is 1320. The highest BCUT2D eigenvalue weighted by atomic mass is 16.5. The molecule has 4 aromatic rings. The van der Waals surface area contributed by atoms with Gasteiger partial charge in [0.25, 0.3) is 5.56 Å². The number of nitrogens with one attached hydrogen (secondary N) is 1. The molecule has 4 rings (SSSR count). The number of aromatic nitrogens is 5. The van der Waals surface area contributed by atoms with E-state index >= 15 is 0 Å². The molecule has 1 N–H and O–H groups in total. The number of benzene rings is 2. The van der Waals surface area contributed by atoms with Crippen LogP contribution in [0, 0.1) is 0 Å². The first-order valence-corrected chi connectivity index (χ1v) is 9.32. The summed E-state index contributed by atoms with van der Waals surface area (Å²) in [7, 11) is 1.57. The molecule has 0 aliphatic carbocycles. The van der Waals surface area contributed by atoms with Gasteiger partial charge in [0.1, 0.15) is 18.6 Å². The fourth-order valence-electron chi connectivity index (χ4n) is 3.00. The molecule has 0 aliphatic rings. The molecule has 10 nitrogen and oxygen atoms in total.